The quantitative estimate of drug-likeness (QED) is 0.182. The average Bonchev–Trinajstić information content (AvgIpc) is 3.05. The van der Waals surface area contributed by atoms with Crippen molar-refractivity contribution in [2.45, 2.75) is 64.3 Å². The molecule has 1 aliphatic heterocycles. The maximum Gasteiger partial charge on any atom is 0.415 e. The molecule has 0 aliphatic carbocycles. The van der Waals surface area contributed by atoms with E-state index in [2.05, 4.69) is 11.8 Å². The number of aromatic nitrogens is 1. The van der Waals surface area contributed by atoms with Crippen LogP contribution in [0.2, 0.25) is 0 Å². The van der Waals surface area contributed by atoms with E-state index in [1.165, 1.54) is 0 Å². The fourth-order valence-electron chi connectivity index (χ4n) is 5.83. The molecule has 47 heavy (non-hydrogen) atoms. The van der Waals surface area contributed by atoms with E-state index < -0.39 is 23.8 Å². The van der Waals surface area contributed by atoms with Gasteiger partial charge in [0.25, 0.3) is 0 Å². The Labute approximate surface area is 276 Å². The first-order valence-electron chi connectivity index (χ1n) is 15.8. The number of carboxylic acid groups (broad SMARTS) is 1. The molecule has 1 unspecified atom stereocenters. The van der Waals surface area contributed by atoms with Crippen molar-refractivity contribution in [3.63, 3.8) is 0 Å². The fraction of sp³-hybridized carbons (Fsp3) is 0.342. The van der Waals surface area contributed by atoms with Gasteiger partial charge in [-0.1, -0.05) is 73.7 Å². The largest absolute Gasteiger partial charge is 0.497 e. The zero-order valence-electron chi connectivity index (χ0n) is 27.6. The zero-order valence-corrected chi connectivity index (χ0v) is 27.6. The van der Waals surface area contributed by atoms with Gasteiger partial charge >= 0.3 is 12.1 Å². The lowest BCUT2D eigenvalue weighted by molar-refractivity contribution is -0.136. The minimum atomic E-state index is -0.868. The standard InChI is InChI=1S/C38H43N3O6/c1-26(30-14-9-11-28(21-30)22-34(42)43)25-46-35(29-12-7-6-8-13-29)33-24-41(37(44)47-38(2,3)4)32-15-10-20-39-36(32)40(33)23-27-16-18-31(45-5)19-17-27/h6-21,26,33,35H,22-25H2,1-5H3,(H,42,43)/t26?,33-,35+/m1/s1. The molecule has 0 fully saturated rings. The second-order valence-corrected chi connectivity index (χ2v) is 12.9. The molecular weight excluding hydrogens is 594 g/mol. The van der Waals surface area contributed by atoms with Crippen molar-refractivity contribution in [1.29, 1.82) is 0 Å². The number of anilines is 2. The zero-order chi connectivity index (χ0) is 33.6. The maximum atomic E-state index is 13.7. The predicted octanol–water partition coefficient (Wildman–Crippen LogP) is 7.41. The summed E-state index contributed by atoms with van der Waals surface area (Å²) in [5.41, 5.74) is 3.74. The van der Waals surface area contributed by atoms with Gasteiger partial charge in [0, 0.05) is 18.7 Å². The smallest absolute Gasteiger partial charge is 0.415 e. The first-order valence-corrected chi connectivity index (χ1v) is 15.8. The molecule has 5 rings (SSSR count). The number of amides is 1. The SMILES string of the molecule is COc1ccc(CN2c3ncccc3N(C(=O)OC(C)(C)C)C[C@@H]2[C@@H](OCC(C)c2cccc(CC(=O)O)c2)c2ccccc2)cc1. The Balaban J connectivity index is 1.54. The molecule has 9 heteroatoms. The van der Waals surface area contributed by atoms with Gasteiger partial charge in [-0.05, 0) is 67.3 Å². The van der Waals surface area contributed by atoms with Crippen LogP contribution in [0.3, 0.4) is 0 Å². The number of carbonyl (C=O) groups is 2. The van der Waals surface area contributed by atoms with Crippen LogP contribution in [-0.4, -0.2) is 54.1 Å². The summed E-state index contributed by atoms with van der Waals surface area (Å²) >= 11 is 0. The van der Waals surface area contributed by atoms with Gasteiger partial charge in [0.05, 0.1) is 38.4 Å². The molecule has 0 saturated carbocycles. The number of nitrogens with zero attached hydrogens (tertiary/aromatic N) is 3. The number of pyridine rings is 1. The number of carboxylic acids is 1. The van der Waals surface area contributed by atoms with Gasteiger partial charge in [-0.25, -0.2) is 9.78 Å². The first-order chi connectivity index (χ1) is 22.5. The summed E-state index contributed by atoms with van der Waals surface area (Å²) in [4.78, 5) is 33.8. The maximum absolute atomic E-state index is 13.7. The second kappa shape index (κ2) is 14.7. The molecule has 1 amide bonds. The van der Waals surface area contributed by atoms with Crippen LogP contribution in [0.25, 0.3) is 0 Å². The lowest BCUT2D eigenvalue weighted by Crippen LogP contribution is -2.54. The number of methoxy groups -OCH3 is 1. The van der Waals surface area contributed by atoms with Gasteiger partial charge in [0.1, 0.15) is 17.5 Å². The molecule has 1 N–H and O–H groups in total. The number of benzene rings is 3. The Bertz CT molecular complexity index is 1650. The Morgan fingerprint density at radius 3 is 2.34 bits per heavy atom. The topological polar surface area (TPSA) is 101 Å². The van der Waals surface area contributed by atoms with E-state index in [0.29, 0.717) is 31.2 Å². The van der Waals surface area contributed by atoms with Gasteiger partial charge in [-0.15, -0.1) is 0 Å². The van der Waals surface area contributed by atoms with Crippen molar-refractivity contribution < 1.29 is 28.9 Å². The Morgan fingerprint density at radius 2 is 1.66 bits per heavy atom. The molecule has 1 aromatic heterocycles. The number of hydrogen-bond donors (Lipinski definition) is 1. The highest BCUT2D eigenvalue weighted by Gasteiger charge is 2.41. The van der Waals surface area contributed by atoms with Gasteiger partial charge in [0.2, 0.25) is 0 Å². The average molecular weight is 638 g/mol. The lowest BCUT2D eigenvalue weighted by atomic mass is 9.95. The molecule has 0 radical (unpaired) electrons. The van der Waals surface area contributed by atoms with Crippen molar-refractivity contribution in [3.05, 3.63) is 119 Å². The second-order valence-electron chi connectivity index (χ2n) is 12.9. The predicted molar refractivity (Wildman–Crippen MR) is 182 cm³/mol. The third-order valence-corrected chi connectivity index (χ3v) is 8.10. The van der Waals surface area contributed by atoms with Crippen molar-refractivity contribution in [1.82, 2.24) is 4.98 Å². The summed E-state index contributed by atoms with van der Waals surface area (Å²) in [6, 6.07) is 29.0. The summed E-state index contributed by atoms with van der Waals surface area (Å²) < 4.78 is 18.2. The van der Waals surface area contributed by atoms with Crippen LogP contribution in [0, 0.1) is 0 Å². The highest BCUT2D eigenvalue weighted by molar-refractivity contribution is 5.93. The molecule has 246 valence electrons. The molecule has 0 saturated heterocycles. The van der Waals surface area contributed by atoms with Crippen LogP contribution in [0.4, 0.5) is 16.3 Å². The third kappa shape index (κ3) is 8.48. The molecule has 2 heterocycles. The summed E-state index contributed by atoms with van der Waals surface area (Å²) in [6.07, 6.45) is 0.791. The van der Waals surface area contributed by atoms with Crippen LogP contribution in [0.1, 0.15) is 62.0 Å². The number of hydrogen-bond acceptors (Lipinski definition) is 7. The van der Waals surface area contributed by atoms with E-state index in [0.717, 1.165) is 28.0 Å². The molecule has 0 bridgehead atoms. The highest BCUT2D eigenvalue weighted by Crippen LogP contribution is 2.41. The number of rotatable bonds is 11. The van der Waals surface area contributed by atoms with Crippen LogP contribution < -0.4 is 14.5 Å². The number of carbonyl (C=O) groups excluding carboxylic acids is 1. The summed E-state index contributed by atoms with van der Waals surface area (Å²) in [7, 11) is 1.65. The molecular formula is C38H43N3O6. The van der Waals surface area contributed by atoms with E-state index in [9.17, 15) is 14.7 Å². The van der Waals surface area contributed by atoms with Crippen LogP contribution in [-0.2, 0) is 27.2 Å². The first kappa shape index (κ1) is 33.5. The Kier molecular flexibility index (Phi) is 10.5. The molecule has 4 aromatic rings. The molecule has 1 aliphatic rings. The lowest BCUT2D eigenvalue weighted by Gasteiger charge is -2.46. The fourth-order valence-corrected chi connectivity index (χ4v) is 5.83. The van der Waals surface area contributed by atoms with Crippen molar-refractivity contribution >= 4 is 23.6 Å². The van der Waals surface area contributed by atoms with Crippen LogP contribution in [0.5, 0.6) is 5.75 Å². The van der Waals surface area contributed by atoms with Crippen molar-refractivity contribution in [3.8, 4) is 5.75 Å². The number of fused-ring (bicyclic) bond motifs is 1. The summed E-state index contributed by atoms with van der Waals surface area (Å²) in [5.74, 6) is 0.531. The highest BCUT2D eigenvalue weighted by atomic mass is 16.6. The number of ether oxygens (including phenoxy) is 3. The minimum Gasteiger partial charge on any atom is -0.497 e. The van der Waals surface area contributed by atoms with Gasteiger partial charge < -0.3 is 24.2 Å². The molecule has 3 atom stereocenters. The van der Waals surface area contributed by atoms with E-state index >= 15 is 0 Å². The monoisotopic (exact) mass is 637 g/mol. The van der Waals surface area contributed by atoms with Crippen LogP contribution >= 0.6 is 0 Å². The van der Waals surface area contributed by atoms with E-state index in [1.54, 1.807) is 18.2 Å². The van der Waals surface area contributed by atoms with E-state index in [-0.39, 0.29) is 18.4 Å². The summed E-state index contributed by atoms with van der Waals surface area (Å²) in [5, 5.41) is 9.31. The molecule has 9 nitrogen and oxygen atoms in total. The van der Waals surface area contributed by atoms with Gasteiger partial charge in [0.15, 0.2) is 5.82 Å². The van der Waals surface area contributed by atoms with E-state index in [4.69, 9.17) is 19.2 Å². The summed E-state index contributed by atoms with van der Waals surface area (Å²) in [6.45, 7) is 8.82. The molecule has 3 aromatic carbocycles. The Morgan fingerprint density at radius 1 is 0.936 bits per heavy atom. The van der Waals surface area contributed by atoms with Gasteiger partial charge in [-0.2, -0.15) is 0 Å². The Hall–Kier alpha value is -4.89. The van der Waals surface area contributed by atoms with Crippen molar-refractivity contribution in [2.24, 2.45) is 0 Å². The van der Waals surface area contributed by atoms with Crippen molar-refractivity contribution in [2.75, 3.05) is 30.1 Å². The van der Waals surface area contributed by atoms with Gasteiger partial charge in [-0.3, -0.25) is 9.69 Å². The normalized spacial score (nSPS) is 15.8. The number of aliphatic carboxylic acids is 1. The minimum absolute atomic E-state index is 0.0269. The van der Waals surface area contributed by atoms with E-state index in [1.807, 2.05) is 112 Å². The third-order valence-electron chi connectivity index (χ3n) is 8.10. The molecule has 0 spiro atoms. The van der Waals surface area contributed by atoms with Crippen LogP contribution in [0.15, 0.2) is 97.2 Å².